The molecule has 1 atom stereocenters. The highest BCUT2D eigenvalue weighted by Gasteiger charge is 2.20. The van der Waals surface area contributed by atoms with Crippen molar-refractivity contribution < 1.29 is 19.0 Å². The van der Waals surface area contributed by atoms with Gasteiger partial charge in [0, 0.05) is 11.1 Å². The van der Waals surface area contributed by atoms with Crippen molar-refractivity contribution in [3.63, 3.8) is 0 Å². The maximum atomic E-state index is 12.0. The van der Waals surface area contributed by atoms with Gasteiger partial charge in [0.2, 0.25) is 0 Å². The van der Waals surface area contributed by atoms with Gasteiger partial charge in [-0.05, 0) is 63.9 Å². The minimum absolute atomic E-state index is 0.00593. The normalized spacial score (nSPS) is 12.8. The molecule has 0 aromatic carbocycles. The first kappa shape index (κ1) is 19.8. The molecule has 6 nitrogen and oxygen atoms in total. The van der Waals surface area contributed by atoms with Gasteiger partial charge in [0.05, 0.1) is 5.69 Å². The number of aromatic nitrogens is 2. The zero-order valence-corrected chi connectivity index (χ0v) is 16.3. The Morgan fingerprint density at radius 3 is 2.81 bits per heavy atom. The SMILES string of the molecule is C=C(OC(C)C(=O)OCn1ccc(/C=C/c2cccs2)n1)OC(C)(C)C. The van der Waals surface area contributed by atoms with Crippen molar-refractivity contribution in [1.82, 2.24) is 9.78 Å². The van der Waals surface area contributed by atoms with Crippen molar-refractivity contribution in [2.45, 2.75) is 46.1 Å². The van der Waals surface area contributed by atoms with Crippen LogP contribution in [-0.2, 0) is 25.7 Å². The Hall–Kier alpha value is -2.54. The van der Waals surface area contributed by atoms with Crippen LogP contribution in [0.2, 0.25) is 0 Å². The van der Waals surface area contributed by atoms with Crippen LogP contribution >= 0.6 is 11.3 Å². The van der Waals surface area contributed by atoms with Gasteiger partial charge in [-0.1, -0.05) is 6.07 Å². The van der Waals surface area contributed by atoms with E-state index in [2.05, 4.69) is 11.7 Å². The molecule has 0 aliphatic rings. The van der Waals surface area contributed by atoms with Crippen molar-refractivity contribution in [2.24, 2.45) is 0 Å². The second-order valence-corrected chi connectivity index (χ2v) is 7.55. The lowest BCUT2D eigenvalue weighted by molar-refractivity contribution is -0.163. The number of esters is 1. The van der Waals surface area contributed by atoms with E-state index >= 15 is 0 Å². The van der Waals surface area contributed by atoms with Crippen molar-refractivity contribution in [3.05, 3.63) is 52.9 Å². The predicted molar refractivity (Wildman–Crippen MR) is 102 cm³/mol. The van der Waals surface area contributed by atoms with Crippen LogP contribution < -0.4 is 0 Å². The minimum atomic E-state index is -0.821. The number of hydrogen-bond donors (Lipinski definition) is 0. The third-order valence-corrected chi connectivity index (χ3v) is 3.86. The van der Waals surface area contributed by atoms with E-state index in [4.69, 9.17) is 14.2 Å². The molecule has 0 saturated carbocycles. The molecule has 2 aromatic heterocycles. The van der Waals surface area contributed by atoms with Crippen LogP contribution in [0.3, 0.4) is 0 Å². The van der Waals surface area contributed by atoms with Crippen LogP contribution in [0.15, 0.2) is 42.3 Å². The summed E-state index contributed by atoms with van der Waals surface area (Å²) in [5.41, 5.74) is 0.341. The maximum Gasteiger partial charge on any atom is 0.348 e. The van der Waals surface area contributed by atoms with Crippen molar-refractivity contribution in [2.75, 3.05) is 0 Å². The molecule has 26 heavy (non-hydrogen) atoms. The fraction of sp³-hybridized carbons (Fsp3) is 0.368. The lowest BCUT2D eigenvalue weighted by Crippen LogP contribution is -2.27. The first-order valence-corrected chi connectivity index (χ1v) is 9.07. The third-order valence-electron chi connectivity index (χ3n) is 3.02. The third kappa shape index (κ3) is 6.76. The molecule has 0 amide bonds. The molecule has 0 saturated heterocycles. The summed E-state index contributed by atoms with van der Waals surface area (Å²) < 4.78 is 17.5. The molecule has 0 N–H and O–H groups in total. The number of rotatable bonds is 8. The number of thiophene rings is 1. The average Bonchev–Trinajstić information content (AvgIpc) is 3.20. The van der Waals surface area contributed by atoms with Gasteiger partial charge in [-0.2, -0.15) is 5.10 Å². The van der Waals surface area contributed by atoms with Gasteiger partial charge >= 0.3 is 5.97 Å². The molecule has 7 heteroatoms. The second kappa shape index (κ2) is 8.71. The molecule has 140 valence electrons. The van der Waals surface area contributed by atoms with E-state index < -0.39 is 17.7 Å². The molecule has 1 unspecified atom stereocenters. The van der Waals surface area contributed by atoms with Gasteiger partial charge in [0.15, 0.2) is 12.8 Å². The largest absolute Gasteiger partial charge is 0.460 e. The summed E-state index contributed by atoms with van der Waals surface area (Å²) in [6.45, 7) is 10.8. The molecule has 0 bridgehead atoms. The molecule has 2 rings (SSSR count). The monoisotopic (exact) mass is 376 g/mol. The van der Waals surface area contributed by atoms with E-state index in [1.807, 2.05) is 56.5 Å². The summed E-state index contributed by atoms with van der Waals surface area (Å²) in [5, 5.41) is 6.34. The van der Waals surface area contributed by atoms with E-state index in [1.54, 1.807) is 29.1 Å². The number of carbonyl (C=O) groups is 1. The van der Waals surface area contributed by atoms with Crippen molar-refractivity contribution >= 4 is 29.5 Å². The number of hydrogen-bond acceptors (Lipinski definition) is 6. The van der Waals surface area contributed by atoms with Gasteiger partial charge in [-0.3, -0.25) is 0 Å². The average molecular weight is 376 g/mol. The summed E-state index contributed by atoms with van der Waals surface area (Å²) in [6.07, 6.45) is 4.82. The highest BCUT2D eigenvalue weighted by Crippen LogP contribution is 2.15. The Morgan fingerprint density at radius 1 is 1.38 bits per heavy atom. The van der Waals surface area contributed by atoms with Gasteiger partial charge in [0.25, 0.3) is 5.95 Å². The molecule has 0 radical (unpaired) electrons. The first-order chi connectivity index (χ1) is 12.2. The van der Waals surface area contributed by atoms with Crippen LogP contribution in [0.1, 0.15) is 38.3 Å². The van der Waals surface area contributed by atoms with E-state index in [1.165, 1.54) is 0 Å². The summed E-state index contributed by atoms with van der Waals surface area (Å²) in [4.78, 5) is 13.2. The van der Waals surface area contributed by atoms with E-state index in [0.29, 0.717) is 0 Å². The van der Waals surface area contributed by atoms with Crippen LogP contribution in [0.5, 0.6) is 0 Å². The molecule has 0 aliphatic heterocycles. The highest BCUT2D eigenvalue weighted by atomic mass is 32.1. The van der Waals surface area contributed by atoms with Gasteiger partial charge in [-0.15, -0.1) is 11.3 Å². The lowest BCUT2D eigenvalue weighted by atomic mass is 10.2. The molecule has 2 heterocycles. The summed E-state index contributed by atoms with van der Waals surface area (Å²) in [7, 11) is 0. The molecule has 0 fully saturated rings. The quantitative estimate of drug-likeness (QED) is 0.507. The Balaban J connectivity index is 1.79. The molecule has 0 spiro atoms. The lowest BCUT2D eigenvalue weighted by Gasteiger charge is -2.24. The molecular weight excluding hydrogens is 352 g/mol. The Morgan fingerprint density at radius 2 is 2.15 bits per heavy atom. The topological polar surface area (TPSA) is 62.6 Å². The first-order valence-electron chi connectivity index (χ1n) is 8.19. The number of carbonyl (C=O) groups excluding carboxylic acids is 1. The van der Waals surface area contributed by atoms with Crippen molar-refractivity contribution in [1.29, 1.82) is 0 Å². The number of ether oxygens (including phenoxy) is 3. The Kier molecular flexibility index (Phi) is 6.63. The zero-order valence-electron chi connectivity index (χ0n) is 15.5. The second-order valence-electron chi connectivity index (χ2n) is 6.57. The predicted octanol–water partition coefficient (Wildman–Crippen LogP) is 4.31. The van der Waals surface area contributed by atoms with Crippen LogP contribution in [0, 0.1) is 0 Å². The molecule has 0 aliphatic carbocycles. The van der Waals surface area contributed by atoms with Crippen molar-refractivity contribution in [3.8, 4) is 0 Å². The fourth-order valence-electron chi connectivity index (χ4n) is 1.95. The fourth-order valence-corrected chi connectivity index (χ4v) is 2.57. The van der Waals surface area contributed by atoms with Crippen LogP contribution in [-0.4, -0.2) is 27.5 Å². The van der Waals surface area contributed by atoms with Gasteiger partial charge < -0.3 is 14.2 Å². The maximum absolute atomic E-state index is 12.0. The number of nitrogens with zero attached hydrogens (tertiary/aromatic N) is 2. The van der Waals surface area contributed by atoms with Crippen LogP contribution in [0.25, 0.3) is 12.2 Å². The van der Waals surface area contributed by atoms with E-state index in [9.17, 15) is 4.79 Å². The zero-order chi connectivity index (χ0) is 19.2. The molecule has 2 aromatic rings. The summed E-state index contributed by atoms with van der Waals surface area (Å²) >= 11 is 1.65. The van der Waals surface area contributed by atoms with E-state index in [-0.39, 0.29) is 12.7 Å². The standard InChI is InChI=1S/C19H24N2O4S/c1-14(24-15(2)25-19(3,4)5)18(22)23-13-21-11-10-16(20-21)8-9-17-7-6-12-26-17/h6-12,14H,2,13H2,1,3-5H3/b9-8+. The van der Waals surface area contributed by atoms with Gasteiger partial charge in [0.1, 0.15) is 5.60 Å². The summed E-state index contributed by atoms with van der Waals surface area (Å²) in [5.74, 6) is -0.433. The minimum Gasteiger partial charge on any atom is -0.460 e. The molecular formula is C19H24N2O4S. The van der Waals surface area contributed by atoms with Gasteiger partial charge in [-0.25, -0.2) is 9.48 Å². The highest BCUT2D eigenvalue weighted by molar-refractivity contribution is 7.10. The Labute approximate surface area is 157 Å². The van der Waals surface area contributed by atoms with E-state index in [0.717, 1.165) is 10.6 Å². The Bertz CT molecular complexity index is 757. The van der Waals surface area contributed by atoms with Crippen LogP contribution in [0.4, 0.5) is 0 Å². The smallest absolute Gasteiger partial charge is 0.348 e. The summed E-state index contributed by atoms with van der Waals surface area (Å²) in [6, 6.07) is 5.86.